The van der Waals surface area contributed by atoms with Crippen LogP contribution in [0.4, 0.5) is 0 Å². The van der Waals surface area contributed by atoms with E-state index in [1.807, 2.05) is 24.3 Å². The summed E-state index contributed by atoms with van der Waals surface area (Å²) in [6.45, 7) is 0.681. The highest BCUT2D eigenvalue weighted by atomic mass is 16.1. The Labute approximate surface area is 124 Å². The Bertz CT molecular complexity index is 641. The topological polar surface area (TPSA) is 61.0 Å². The van der Waals surface area contributed by atoms with Crippen LogP contribution >= 0.6 is 0 Å². The zero-order valence-corrected chi connectivity index (χ0v) is 12.6. The second-order valence-corrected chi connectivity index (χ2v) is 6.13. The SMILES string of the molecule is CN(C)C1(CNC(=O)c2n[nH]c3ccccc23)CCCC1. The smallest absolute Gasteiger partial charge is 0.272 e. The van der Waals surface area contributed by atoms with E-state index in [0.717, 1.165) is 23.7 Å². The molecule has 1 amide bonds. The summed E-state index contributed by atoms with van der Waals surface area (Å²) in [5.74, 6) is -0.0967. The van der Waals surface area contributed by atoms with Gasteiger partial charge in [-0.2, -0.15) is 5.10 Å². The van der Waals surface area contributed by atoms with E-state index in [-0.39, 0.29) is 11.4 Å². The third-order valence-electron chi connectivity index (χ3n) is 4.75. The largest absolute Gasteiger partial charge is 0.349 e. The van der Waals surface area contributed by atoms with Gasteiger partial charge in [0.15, 0.2) is 5.69 Å². The number of nitrogens with one attached hydrogen (secondary N) is 2. The molecule has 0 unspecified atom stereocenters. The minimum Gasteiger partial charge on any atom is -0.349 e. The molecule has 1 heterocycles. The van der Waals surface area contributed by atoms with Gasteiger partial charge in [0.2, 0.25) is 0 Å². The number of carbonyl (C=O) groups is 1. The molecule has 2 aromatic rings. The summed E-state index contributed by atoms with van der Waals surface area (Å²) in [4.78, 5) is 14.7. The standard InChI is InChI=1S/C16H22N4O/c1-20(2)16(9-5-6-10-16)11-17-15(21)14-12-7-3-4-8-13(12)18-19-14/h3-4,7-8H,5-6,9-11H2,1-2H3,(H,17,21)(H,18,19). The van der Waals surface area contributed by atoms with Crippen molar-refractivity contribution >= 4 is 16.8 Å². The van der Waals surface area contributed by atoms with E-state index >= 15 is 0 Å². The molecule has 0 aliphatic heterocycles. The fourth-order valence-electron chi connectivity index (χ4n) is 3.28. The number of carbonyl (C=O) groups excluding carboxylic acids is 1. The van der Waals surface area contributed by atoms with Crippen LogP contribution in [0.2, 0.25) is 0 Å². The lowest BCUT2D eigenvalue weighted by Gasteiger charge is -2.36. The van der Waals surface area contributed by atoms with E-state index in [2.05, 4.69) is 34.5 Å². The molecule has 0 spiro atoms. The second kappa shape index (κ2) is 5.48. The molecule has 21 heavy (non-hydrogen) atoms. The molecule has 0 atom stereocenters. The zero-order valence-electron chi connectivity index (χ0n) is 12.6. The normalized spacial score (nSPS) is 17.5. The van der Waals surface area contributed by atoms with Crippen LogP contribution in [0.1, 0.15) is 36.2 Å². The summed E-state index contributed by atoms with van der Waals surface area (Å²) in [5.41, 5.74) is 1.48. The molecule has 1 fully saturated rings. The molecule has 0 bridgehead atoms. The van der Waals surface area contributed by atoms with Crippen molar-refractivity contribution in [3.63, 3.8) is 0 Å². The molecular weight excluding hydrogens is 264 g/mol. The second-order valence-electron chi connectivity index (χ2n) is 6.13. The molecular formula is C16H22N4O. The lowest BCUT2D eigenvalue weighted by molar-refractivity contribution is 0.0896. The van der Waals surface area contributed by atoms with Crippen LogP contribution in [-0.2, 0) is 0 Å². The van der Waals surface area contributed by atoms with Gasteiger partial charge in [-0.05, 0) is 33.0 Å². The Morgan fingerprint density at radius 2 is 2.05 bits per heavy atom. The van der Waals surface area contributed by atoms with E-state index in [9.17, 15) is 4.79 Å². The van der Waals surface area contributed by atoms with Crippen molar-refractivity contribution in [2.45, 2.75) is 31.2 Å². The summed E-state index contributed by atoms with van der Waals surface area (Å²) in [7, 11) is 4.20. The maximum atomic E-state index is 12.4. The van der Waals surface area contributed by atoms with Gasteiger partial charge in [-0.25, -0.2) is 0 Å². The molecule has 0 saturated heterocycles. The third kappa shape index (κ3) is 2.53. The average Bonchev–Trinajstić information content (AvgIpc) is 3.12. The maximum absolute atomic E-state index is 12.4. The lowest BCUT2D eigenvalue weighted by atomic mass is 9.96. The van der Waals surface area contributed by atoms with Crippen LogP contribution in [-0.4, -0.2) is 47.2 Å². The maximum Gasteiger partial charge on any atom is 0.272 e. The van der Waals surface area contributed by atoms with E-state index in [1.54, 1.807) is 0 Å². The molecule has 1 aliphatic rings. The van der Waals surface area contributed by atoms with Crippen LogP contribution in [0.3, 0.4) is 0 Å². The van der Waals surface area contributed by atoms with Crippen molar-refractivity contribution in [2.75, 3.05) is 20.6 Å². The average molecular weight is 286 g/mol. The molecule has 0 radical (unpaired) electrons. The van der Waals surface area contributed by atoms with E-state index in [1.165, 1.54) is 12.8 Å². The molecule has 112 valence electrons. The number of rotatable bonds is 4. The minimum atomic E-state index is -0.0967. The van der Waals surface area contributed by atoms with Gasteiger partial charge in [0.25, 0.3) is 5.91 Å². The highest BCUT2D eigenvalue weighted by Gasteiger charge is 2.36. The number of aromatic amines is 1. The predicted octanol–water partition coefficient (Wildman–Crippen LogP) is 2.17. The van der Waals surface area contributed by atoms with Gasteiger partial charge in [0.1, 0.15) is 0 Å². The van der Waals surface area contributed by atoms with Crippen molar-refractivity contribution in [1.82, 2.24) is 20.4 Å². The molecule has 2 N–H and O–H groups in total. The molecule has 3 rings (SSSR count). The summed E-state index contributed by atoms with van der Waals surface area (Å²) in [6.07, 6.45) is 4.75. The van der Waals surface area contributed by atoms with E-state index in [0.29, 0.717) is 12.2 Å². The number of para-hydroxylation sites is 1. The molecule has 1 aliphatic carbocycles. The number of benzene rings is 1. The monoisotopic (exact) mass is 286 g/mol. The zero-order chi connectivity index (χ0) is 14.9. The number of nitrogens with zero attached hydrogens (tertiary/aromatic N) is 2. The highest BCUT2D eigenvalue weighted by Crippen LogP contribution is 2.33. The van der Waals surface area contributed by atoms with Gasteiger partial charge in [-0.15, -0.1) is 0 Å². The van der Waals surface area contributed by atoms with Gasteiger partial charge in [0.05, 0.1) is 5.52 Å². The predicted molar refractivity (Wildman–Crippen MR) is 83.3 cm³/mol. The number of likely N-dealkylation sites (N-methyl/N-ethyl adjacent to an activating group) is 1. The summed E-state index contributed by atoms with van der Waals surface area (Å²) in [6, 6.07) is 7.71. The molecule has 5 nitrogen and oxygen atoms in total. The van der Waals surface area contributed by atoms with Gasteiger partial charge >= 0.3 is 0 Å². The van der Waals surface area contributed by atoms with Crippen molar-refractivity contribution in [3.05, 3.63) is 30.0 Å². The van der Waals surface area contributed by atoms with Gasteiger partial charge in [0, 0.05) is 17.5 Å². The number of amides is 1. The van der Waals surface area contributed by atoms with Crippen molar-refractivity contribution in [3.8, 4) is 0 Å². The first-order valence-corrected chi connectivity index (χ1v) is 7.51. The third-order valence-corrected chi connectivity index (χ3v) is 4.75. The lowest BCUT2D eigenvalue weighted by Crippen LogP contribution is -2.50. The Balaban J connectivity index is 1.74. The summed E-state index contributed by atoms with van der Waals surface area (Å²) in [5, 5.41) is 11.0. The molecule has 5 heteroatoms. The minimum absolute atomic E-state index is 0.0967. The van der Waals surface area contributed by atoms with Crippen LogP contribution in [0, 0.1) is 0 Å². The Morgan fingerprint density at radius 1 is 1.33 bits per heavy atom. The van der Waals surface area contributed by atoms with Crippen molar-refractivity contribution in [2.24, 2.45) is 0 Å². The Hall–Kier alpha value is -1.88. The first-order valence-electron chi connectivity index (χ1n) is 7.51. The fourth-order valence-corrected chi connectivity index (χ4v) is 3.28. The van der Waals surface area contributed by atoms with Crippen LogP contribution in [0.25, 0.3) is 10.9 Å². The van der Waals surface area contributed by atoms with Crippen molar-refractivity contribution < 1.29 is 4.79 Å². The first-order chi connectivity index (χ1) is 10.1. The quantitative estimate of drug-likeness (QED) is 0.905. The number of hydrogen-bond donors (Lipinski definition) is 2. The fraction of sp³-hybridized carbons (Fsp3) is 0.500. The summed E-state index contributed by atoms with van der Waals surface area (Å²) < 4.78 is 0. The van der Waals surface area contributed by atoms with Gasteiger partial charge < -0.3 is 10.2 Å². The summed E-state index contributed by atoms with van der Waals surface area (Å²) >= 11 is 0. The number of fused-ring (bicyclic) bond motifs is 1. The molecule has 1 aromatic heterocycles. The Morgan fingerprint density at radius 3 is 2.76 bits per heavy atom. The van der Waals surface area contributed by atoms with Gasteiger partial charge in [-0.3, -0.25) is 9.89 Å². The van der Waals surface area contributed by atoms with Crippen molar-refractivity contribution in [1.29, 1.82) is 0 Å². The first kappa shape index (κ1) is 14.1. The van der Waals surface area contributed by atoms with Crippen LogP contribution < -0.4 is 5.32 Å². The highest BCUT2D eigenvalue weighted by molar-refractivity contribution is 6.04. The van der Waals surface area contributed by atoms with Crippen LogP contribution in [0.15, 0.2) is 24.3 Å². The number of aromatic nitrogens is 2. The van der Waals surface area contributed by atoms with Crippen LogP contribution in [0.5, 0.6) is 0 Å². The van der Waals surface area contributed by atoms with E-state index < -0.39 is 0 Å². The van der Waals surface area contributed by atoms with E-state index in [4.69, 9.17) is 0 Å². The Kier molecular flexibility index (Phi) is 3.68. The number of H-pyrrole nitrogens is 1. The molecule has 1 aromatic carbocycles. The van der Waals surface area contributed by atoms with Gasteiger partial charge in [-0.1, -0.05) is 31.0 Å². The molecule has 1 saturated carbocycles. The number of hydrogen-bond acceptors (Lipinski definition) is 3.